The smallest absolute Gasteiger partial charge is 0.319 e. The van der Waals surface area contributed by atoms with Crippen LogP contribution in [-0.4, -0.2) is 61.9 Å². The van der Waals surface area contributed by atoms with Gasteiger partial charge in [0.2, 0.25) is 5.91 Å². The maximum absolute atomic E-state index is 12.4. The zero-order valence-corrected chi connectivity index (χ0v) is 15.4. The number of rotatable bonds is 5. The van der Waals surface area contributed by atoms with E-state index in [9.17, 15) is 9.59 Å². The molecule has 3 amide bonds. The minimum absolute atomic E-state index is 0.00249. The van der Waals surface area contributed by atoms with E-state index in [-0.39, 0.29) is 18.0 Å². The molecule has 0 spiro atoms. The number of carbonyl (C=O) groups is 2. The Bertz CT molecular complexity index is 766. The molecular weight excluding hydrogens is 334 g/mol. The topological polar surface area (TPSA) is 88.3 Å². The van der Waals surface area contributed by atoms with Crippen molar-refractivity contribution in [1.82, 2.24) is 34.7 Å². The third-order valence-corrected chi connectivity index (χ3v) is 4.48. The highest BCUT2D eigenvalue weighted by atomic mass is 16.2. The van der Waals surface area contributed by atoms with Crippen LogP contribution in [0.3, 0.4) is 0 Å². The van der Waals surface area contributed by atoms with Crippen LogP contribution >= 0.6 is 0 Å². The molecule has 9 nitrogen and oxygen atoms in total. The van der Waals surface area contributed by atoms with Crippen molar-refractivity contribution >= 4 is 11.9 Å². The number of urea groups is 1. The first-order valence-electron chi connectivity index (χ1n) is 8.78. The predicted octanol–water partition coefficient (Wildman–Crippen LogP) is 0.844. The van der Waals surface area contributed by atoms with Gasteiger partial charge >= 0.3 is 6.03 Å². The Labute approximate surface area is 152 Å². The van der Waals surface area contributed by atoms with Gasteiger partial charge in [-0.2, -0.15) is 10.2 Å². The molecule has 1 atom stereocenters. The van der Waals surface area contributed by atoms with Crippen LogP contribution in [0.2, 0.25) is 0 Å². The Morgan fingerprint density at radius 3 is 2.81 bits per heavy atom. The Morgan fingerprint density at radius 1 is 1.35 bits per heavy atom. The standard InChI is InChI=1S/C17H25N7O2/c1-4-15(24-7-5-6-19-24)16(25)18-11-13-10-14-12-22(17(26)21(2)3)8-9-23(14)20-13/h5-7,10,15H,4,8-9,11-12H2,1-3H3,(H,18,25)/t15-/m0/s1. The molecule has 0 aliphatic carbocycles. The number of nitrogens with zero attached hydrogens (tertiary/aromatic N) is 6. The van der Waals surface area contributed by atoms with Crippen molar-refractivity contribution < 1.29 is 9.59 Å². The lowest BCUT2D eigenvalue weighted by Crippen LogP contribution is -2.43. The number of carbonyl (C=O) groups excluding carboxylic acids is 2. The summed E-state index contributed by atoms with van der Waals surface area (Å²) < 4.78 is 3.57. The average Bonchev–Trinajstić information content (AvgIpc) is 3.28. The second-order valence-corrected chi connectivity index (χ2v) is 6.58. The number of hydrogen-bond acceptors (Lipinski definition) is 4. The minimum Gasteiger partial charge on any atom is -0.349 e. The van der Waals surface area contributed by atoms with E-state index in [0.717, 1.165) is 11.4 Å². The van der Waals surface area contributed by atoms with Crippen LogP contribution < -0.4 is 5.32 Å². The van der Waals surface area contributed by atoms with Crippen molar-refractivity contribution in [3.63, 3.8) is 0 Å². The quantitative estimate of drug-likeness (QED) is 0.857. The number of nitrogens with one attached hydrogen (secondary N) is 1. The molecular formula is C17H25N7O2. The first-order valence-corrected chi connectivity index (χ1v) is 8.78. The van der Waals surface area contributed by atoms with Crippen molar-refractivity contribution in [1.29, 1.82) is 0 Å². The summed E-state index contributed by atoms with van der Waals surface area (Å²) in [5, 5.41) is 11.6. The fraction of sp³-hybridized carbons (Fsp3) is 0.529. The summed E-state index contributed by atoms with van der Waals surface area (Å²) in [5.41, 5.74) is 1.78. The largest absolute Gasteiger partial charge is 0.349 e. The second-order valence-electron chi connectivity index (χ2n) is 6.58. The highest BCUT2D eigenvalue weighted by Crippen LogP contribution is 2.15. The Morgan fingerprint density at radius 2 is 2.15 bits per heavy atom. The molecule has 2 aromatic heterocycles. The first kappa shape index (κ1) is 18.0. The van der Waals surface area contributed by atoms with Crippen molar-refractivity contribution in [3.8, 4) is 0 Å². The molecule has 0 bridgehead atoms. The van der Waals surface area contributed by atoms with Gasteiger partial charge < -0.3 is 15.1 Å². The van der Waals surface area contributed by atoms with E-state index < -0.39 is 0 Å². The summed E-state index contributed by atoms with van der Waals surface area (Å²) in [7, 11) is 3.50. The molecule has 0 aromatic carbocycles. The van der Waals surface area contributed by atoms with E-state index in [1.807, 2.05) is 17.7 Å². The molecule has 0 fully saturated rings. The molecule has 0 saturated carbocycles. The average molecular weight is 359 g/mol. The number of hydrogen-bond donors (Lipinski definition) is 1. The van der Waals surface area contributed by atoms with E-state index in [2.05, 4.69) is 15.5 Å². The lowest BCUT2D eigenvalue weighted by molar-refractivity contribution is -0.124. The molecule has 0 saturated heterocycles. The molecule has 1 aliphatic rings. The fourth-order valence-electron chi connectivity index (χ4n) is 3.11. The molecule has 2 aromatic rings. The molecule has 26 heavy (non-hydrogen) atoms. The van der Waals surface area contributed by atoms with Gasteiger partial charge in [-0.25, -0.2) is 4.79 Å². The Kier molecular flexibility index (Phi) is 5.24. The third kappa shape index (κ3) is 3.71. The van der Waals surface area contributed by atoms with Crippen LogP contribution in [0, 0.1) is 0 Å². The molecule has 1 aliphatic heterocycles. The summed E-state index contributed by atoms with van der Waals surface area (Å²) >= 11 is 0. The molecule has 1 N–H and O–H groups in total. The van der Waals surface area contributed by atoms with Crippen molar-refractivity contribution in [2.45, 2.75) is 39.0 Å². The summed E-state index contributed by atoms with van der Waals surface area (Å²) in [6, 6.07) is 3.43. The van der Waals surface area contributed by atoms with Gasteiger partial charge in [-0.3, -0.25) is 14.2 Å². The van der Waals surface area contributed by atoms with Gasteiger partial charge in [0.05, 0.1) is 31.0 Å². The monoisotopic (exact) mass is 359 g/mol. The van der Waals surface area contributed by atoms with Crippen LogP contribution in [0.1, 0.15) is 30.8 Å². The normalized spacial score (nSPS) is 14.7. The highest BCUT2D eigenvalue weighted by molar-refractivity contribution is 5.80. The van der Waals surface area contributed by atoms with Crippen LogP contribution in [0.5, 0.6) is 0 Å². The lowest BCUT2D eigenvalue weighted by atomic mass is 10.2. The summed E-state index contributed by atoms with van der Waals surface area (Å²) in [6.07, 6.45) is 4.12. The van der Waals surface area contributed by atoms with Gasteiger partial charge in [0, 0.05) is 33.0 Å². The van der Waals surface area contributed by atoms with Crippen LogP contribution in [0.4, 0.5) is 4.79 Å². The van der Waals surface area contributed by atoms with Crippen molar-refractivity contribution in [3.05, 3.63) is 35.9 Å². The molecule has 0 radical (unpaired) electrons. The Hall–Kier alpha value is -2.84. The van der Waals surface area contributed by atoms with Gasteiger partial charge in [0.25, 0.3) is 0 Å². The van der Waals surface area contributed by atoms with Crippen LogP contribution in [0.15, 0.2) is 24.5 Å². The molecule has 3 heterocycles. The van der Waals surface area contributed by atoms with E-state index in [0.29, 0.717) is 32.6 Å². The van der Waals surface area contributed by atoms with Gasteiger partial charge in [0.1, 0.15) is 6.04 Å². The first-order chi connectivity index (χ1) is 12.5. The molecule has 9 heteroatoms. The predicted molar refractivity (Wildman–Crippen MR) is 95.1 cm³/mol. The number of aromatic nitrogens is 4. The molecule has 140 valence electrons. The SMILES string of the molecule is CC[C@@H](C(=O)NCc1cc2n(n1)CCN(C(=O)N(C)C)C2)n1cccn1. The van der Waals surface area contributed by atoms with Crippen LogP contribution in [-0.2, 0) is 24.4 Å². The molecule has 3 rings (SSSR count). The third-order valence-electron chi connectivity index (χ3n) is 4.48. The summed E-state index contributed by atoms with van der Waals surface area (Å²) in [5.74, 6) is -0.0772. The summed E-state index contributed by atoms with van der Waals surface area (Å²) in [4.78, 5) is 27.9. The zero-order chi connectivity index (χ0) is 18.7. The van der Waals surface area contributed by atoms with Gasteiger partial charge in [-0.15, -0.1) is 0 Å². The van der Waals surface area contributed by atoms with Gasteiger partial charge in [0.15, 0.2) is 0 Å². The second kappa shape index (κ2) is 7.59. The minimum atomic E-state index is -0.324. The molecule has 0 unspecified atom stereocenters. The number of fused-ring (bicyclic) bond motifs is 1. The summed E-state index contributed by atoms with van der Waals surface area (Å²) in [6.45, 7) is 4.14. The van der Waals surface area contributed by atoms with Crippen LogP contribution in [0.25, 0.3) is 0 Å². The van der Waals surface area contributed by atoms with E-state index >= 15 is 0 Å². The van der Waals surface area contributed by atoms with Gasteiger partial charge in [-0.05, 0) is 18.6 Å². The van der Waals surface area contributed by atoms with Gasteiger partial charge in [-0.1, -0.05) is 6.92 Å². The zero-order valence-electron chi connectivity index (χ0n) is 15.4. The maximum atomic E-state index is 12.4. The number of amides is 3. The highest BCUT2D eigenvalue weighted by Gasteiger charge is 2.24. The maximum Gasteiger partial charge on any atom is 0.319 e. The van der Waals surface area contributed by atoms with E-state index in [1.54, 1.807) is 47.0 Å². The fourth-order valence-corrected chi connectivity index (χ4v) is 3.11. The Balaban J connectivity index is 1.60. The van der Waals surface area contributed by atoms with E-state index in [1.165, 1.54) is 0 Å². The lowest BCUT2D eigenvalue weighted by Gasteiger charge is -2.29. The van der Waals surface area contributed by atoms with Crippen molar-refractivity contribution in [2.24, 2.45) is 0 Å². The van der Waals surface area contributed by atoms with Crippen molar-refractivity contribution in [2.75, 3.05) is 20.6 Å². The van der Waals surface area contributed by atoms with E-state index in [4.69, 9.17) is 0 Å².